The van der Waals surface area contributed by atoms with Crippen molar-refractivity contribution in [3.05, 3.63) is 97.2 Å². The quantitative estimate of drug-likeness (QED) is 0.0204. The van der Waals surface area contributed by atoms with Gasteiger partial charge in [0, 0.05) is 6.42 Å². The molecule has 14 heteroatoms. The molecule has 2 heterocycles. The summed E-state index contributed by atoms with van der Waals surface area (Å²) in [6.07, 6.45) is 64.6. The number of unbranched alkanes of at least 4 members (excludes halogenated alkanes) is 30. The van der Waals surface area contributed by atoms with Gasteiger partial charge in [0.25, 0.3) is 0 Å². The summed E-state index contributed by atoms with van der Waals surface area (Å²) in [6.45, 7) is 2.68. The smallest absolute Gasteiger partial charge is 0.220 e. The summed E-state index contributed by atoms with van der Waals surface area (Å²) >= 11 is 0. The fourth-order valence-electron chi connectivity index (χ4n) is 11.1. The molecule has 0 spiro atoms. The molecule has 1 amide bonds. The zero-order valence-corrected chi connectivity index (χ0v) is 55.2. The summed E-state index contributed by atoms with van der Waals surface area (Å²) in [5.41, 5.74) is 0. The highest BCUT2D eigenvalue weighted by Gasteiger charge is 2.51. The zero-order chi connectivity index (χ0) is 63.8. The van der Waals surface area contributed by atoms with E-state index in [-0.39, 0.29) is 18.9 Å². The first-order valence-electron chi connectivity index (χ1n) is 35.5. The zero-order valence-electron chi connectivity index (χ0n) is 55.2. The molecule has 2 fully saturated rings. The maximum absolute atomic E-state index is 13.3. The number of aliphatic hydroxyl groups is 8. The Morgan fingerprint density at radius 2 is 0.795 bits per heavy atom. The third-order valence-electron chi connectivity index (χ3n) is 16.7. The molecule has 0 aromatic heterocycles. The molecule has 0 saturated carbocycles. The van der Waals surface area contributed by atoms with Crippen molar-refractivity contribution in [2.75, 3.05) is 19.8 Å². The fraction of sp³-hybridized carbons (Fsp3) is 0.770. The van der Waals surface area contributed by atoms with Crippen LogP contribution in [0.25, 0.3) is 0 Å². The van der Waals surface area contributed by atoms with Gasteiger partial charge in [0.1, 0.15) is 48.8 Å². The molecule has 2 aliphatic heterocycles. The second-order valence-corrected chi connectivity index (χ2v) is 24.6. The van der Waals surface area contributed by atoms with E-state index in [4.69, 9.17) is 18.9 Å². The van der Waals surface area contributed by atoms with E-state index in [0.29, 0.717) is 12.8 Å². The van der Waals surface area contributed by atoms with Gasteiger partial charge in [-0.15, -0.1) is 0 Å². The number of nitrogens with one attached hydrogen (secondary N) is 1. The van der Waals surface area contributed by atoms with Crippen molar-refractivity contribution >= 4 is 5.91 Å². The number of allylic oxidation sites excluding steroid dienone is 15. The molecule has 14 nitrogen and oxygen atoms in total. The molecule has 0 aliphatic carbocycles. The molecule has 9 N–H and O–H groups in total. The Morgan fingerprint density at radius 1 is 0.420 bits per heavy atom. The summed E-state index contributed by atoms with van der Waals surface area (Å²) < 4.78 is 22.8. The van der Waals surface area contributed by atoms with Gasteiger partial charge >= 0.3 is 0 Å². The van der Waals surface area contributed by atoms with E-state index in [1.165, 1.54) is 161 Å². The van der Waals surface area contributed by atoms with Crippen LogP contribution in [0.1, 0.15) is 271 Å². The van der Waals surface area contributed by atoms with Gasteiger partial charge in [0.15, 0.2) is 12.6 Å². The topological polar surface area (TPSA) is 228 Å². The summed E-state index contributed by atoms with van der Waals surface area (Å²) in [5.74, 6) is -0.255. The fourth-order valence-corrected chi connectivity index (χ4v) is 11.1. The van der Waals surface area contributed by atoms with Gasteiger partial charge in [-0.1, -0.05) is 272 Å². The predicted molar refractivity (Wildman–Crippen MR) is 359 cm³/mol. The van der Waals surface area contributed by atoms with Gasteiger partial charge in [-0.3, -0.25) is 4.79 Å². The van der Waals surface area contributed by atoms with Gasteiger partial charge in [-0.25, -0.2) is 0 Å². The van der Waals surface area contributed by atoms with E-state index < -0.39 is 86.8 Å². The predicted octanol–water partition coefficient (Wildman–Crippen LogP) is 14.6. The Kier molecular flexibility index (Phi) is 53.2. The maximum Gasteiger partial charge on any atom is 0.220 e. The van der Waals surface area contributed by atoms with Crippen LogP contribution < -0.4 is 5.32 Å². The van der Waals surface area contributed by atoms with Crippen LogP contribution in [-0.2, 0) is 23.7 Å². The van der Waals surface area contributed by atoms with Crippen molar-refractivity contribution < 1.29 is 64.6 Å². The van der Waals surface area contributed by atoms with Crippen LogP contribution >= 0.6 is 0 Å². The van der Waals surface area contributed by atoms with Crippen molar-refractivity contribution in [3.63, 3.8) is 0 Å². The molecule has 88 heavy (non-hydrogen) atoms. The van der Waals surface area contributed by atoms with E-state index in [2.05, 4.69) is 104 Å². The number of ether oxygens (including phenoxy) is 4. The summed E-state index contributed by atoms with van der Waals surface area (Å²) in [7, 11) is 0. The number of rotatable bonds is 57. The van der Waals surface area contributed by atoms with E-state index in [0.717, 1.165) is 77.0 Å². The third-order valence-corrected chi connectivity index (χ3v) is 16.7. The van der Waals surface area contributed by atoms with Gasteiger partial charge in [0.2, 0.25) is 5.91 Å². The molecule has 0 radical (unpaired) electrons. The summed E-state index contributed by atoms with van der Waals surface area (Å²) in [6, 6.07) is -0.944. The van der Waals surface area contributed by atoms with Gasteiger partial charge in [-0.05, 0) is 89.9 Å². The Labute approximate surface area is 534 Å². The molecule has 0 aromatic rings. The summed E-state index contributed by atoms with van der Waals surface area (Å²) in [4.78, 5) is 13.3. The molecule has 0 bridgehead atoms. The molecule has 2 aliphatic rings. The van der Waals surface area contributed by atoms with E-state index in [9.17, 15) is 45.6 Å². The van der Waals surface area contributed by atoms with Crippen molar-refractivity contribution in [1.29, 1.82) is 0 Å². The second kappa shape index (κ2) is 57.8. The number of hydrogen-bond donors (Lipinski definition) is 9. The molecule has 508 valence electrons. The maximum atomic E-state index is 13.3. The third kappa shape index (κ3) is 41.4. The van der Waals surface area contributed by atoms with Gasteiger partial charge < -0.3 is 65.1 Å². The molecule has 12 unspecified atom stereocenters. The molecular weight excluding hydrogens is 1110 g/mol. The van der Waals surface area contributed by atoms with Crippen LogP contribution in [0.3, 0.4) is 0 Å². The summed E-state index contributed by atoms with van der Waals surface area (Å²) in [5, 5.41) is 87.4. The molecule has 12 atom stereocenters. The van der Waals surface area contributed by atoms with Gasteiger partial charge in [0.05, 0.1) is 32.0 Å². The average Bonchev–Trinajstić information content (AvgIpc) is 3.10. The van der Waals surface area contributed by atoms with Crippen molar-refractivity contribution in [2.24, 2.45) is 0 Å². The number of carbonyl (C=O) groups is 1. The minimum absolute atomic E-state index is 0.255. The largest absolute Gasteiger partial charge is 0.394 e. The SMILES string of the molecule is CC/C=C\C/C=C\C/C=C\C/C=C\C/C=C\CCCCCCCCCCCCCCCCCC(=O)NC(COC1OC(CO)C(OC2OC(CO)C(O)C(O)C2O)C(O)C1O)C(O)/C=C/CC/C=C/CC/C=C/CCCCCCCCCCCCCCC. The van der Waals surface area contributed by atoms with E-state index in [1.807, 2.05) is 6.08 Å². The van der Waals surface area contributed by atoms with Crippen LogP contribution in [0.2, 0.25) is 0 Å². The lowest BCUT2D eigenvalue weighted by molar-refractivity contribution is -0.359. The van der Waals surface area contributed by atoms with Crippen LogP contribution in [0.15, 0.2) is 97.2 Å². The van der Waals surface area contributed by atoms with Crippen LogP contribution in [0.5, 0.6) is 0 Å². The molecule has 2 saturated heterocycles. The van der Waals surface area contributed by atoms with Crippen LogP contribution in [0, 0.1) is 0 Å². The highest BCUT2D eigenvalue weighted by molar-refractivity contribution is 5.76. The minimum Gasteiger partial charge on any atom is -0.394 e. The van der Waals surface area contributed by atoms with Crippen molar-refractivity contribution in [3.8, 4) is 0 Å². The van der Waals surface area contributed by atoms with Crippen LogP contribution in [0.4, 0.5) is 0 Å². The Bertz CT molecular complexity index is 1850. The Hall–Kier alpha value is -3.09. The minimum atomic E-state index is -1.80. The molecule has 0 aromatic carbocycles. The van der Waals surface area contributed by atoms with Gasteiger partial charge in [-0.2, -0.15) is 0 Å². The Balaban J connectivity index is 1.69. The normalized spacial score (nSPS) is 23.8. The first-order valence-corrected chi connectivity index (χ1v) is 35.5. The lowest BCUT2D eigenvalue weighted by Gasteiger charge is -2.46. The highest BCUT2D eigenvalue weighted by atomic mass is 16.7. The lowest BCUT2D eigenvalue weighted by Crippen LogP contribution is -2.65. The van der Waals surface area contributed by atoms with E-state index >= 15 is 0 Å². The number of carbonyl (C=O) groups excluding carboxylic acids is 1. The van der Waals surface area contributed by atoms with E-state index in [1.54, 1.807) is 6.08 Å². The van der Waals surface area contributed by atoms with Crippen LogP contribution in [-0.4, -0.2) is 140 Å². The molecule has 2 rings (SSSR count). The second-order valence-electron chi connectivity index (χ2n) is 24.6. The van der Waals surface area contributed by atoms with Crippen molar-refractivity contribution in [2.45, 2.75) is 344 Å². The molecular formula is C74H129NO13. The first-order chi connectivity index (χ1) is 43.1. The Morgan fingerprint density at radius 3 is 1.25 bits per heavy atom. The highest BCUT2D eigenvalue weighted by Crippen LogP contribution is 2.30. The number of amides is 1. The number of aliphatic hydroxyl groups excluding tert-OH is 8. The van der Waals surface area contributed by atoms with Crippen molar-refractivity contribution in [1.82, 2.24) is 5.32 Å². The standard InChI is InChI=1S/C74H129NO13/c1-3-5-7-9-11-13-15-17-19-21-23-25-27-28-29-30-31-32-33-34-36-38-40-42-44-46-48-50-52-54-56-58-66(79)75-62(61-85-73-71(84)69(82)72(65(60-77)87-73)88-74-70(83)68(81)67(80)64(59-76)86-74)63(78)57-55-53-51-49-47-45-43-41-39-37-35-26-24-22-20-18-16-14-12-10-8-6-4-2/h5,7,11,13,17,19,23,25,28-29,39,41,47,49,55,57,62-65,67-74,76-78,80-84H,3-4,6,8-10,12,14-16,18,20-22,24,26-27,30-38,40,42-46,48,50-54,56,58-61H2,1-2H3,(H,75,79)/b7-5-,13-11-,19-17-,25-23-,29-28-,41-39+,49-47+,57-55+. The lowest BCUT2D eigenvalue weighted by atomic mass is 9.97. The first kappa shape index (κ1) is 81.0. The number of hydrogen-bond acceptors (Lipinski definition) is 13. The monoisotopic (exact) mass is 1240 g/mol. The average molecular weight is 1240 g/mol.